The van der Waals surface area contributed by atoms with Crippen molar-refractivity contribution in [1.82, 2.24) is 19.2 Å². The second-order valence-corrected chi connectivity index (χ2v) is 10.6. The molecule has 10 heteroatoms. The third-order valence-electron chi connectivity index (χ3n) is 5.25. The number of halogens is 1. The van der Waals surface area contributed by atoms with Gasteiger partial charge < -0.3 is 4.98 Å². The van der Waals surface area contributed by atoms with Gasteiger partial charge in [0, 0.05) is 31.1 Å². The molecule has 0 spiro atoms. The number of hydrogen-bond donors (Lipinski definition) is 1. The van der Waals surface area contributed by atoms with Crippen LogP contribution in [0.25, 0.3) is 10.2 Å². The predicted molar refractivity (Wildman–Crippen MR) is 115 cm³/mol. The molecule has 29 heavy (non-hydrogen) atoms. The lowest BCUT2D eigenvalue weighted by molar-refractivity contribution is 0.178. The molecule has 0 atom stereocenters. The summed E-state index contributed by atoms with van der Waals surface area (Å²) in [6.45, 7) is 6.21. The summed E-state index contributed by atoms with van der Waals surface area (Å²) in [4.78, 5) is 24.0. The number of nitrogens with one attached hydrogen (secondary N) is 1. The molecule has 154 valence electrons. The van der Waals surface area contributed by atoms with Crippen molar-refractivity contribution < 1.29 is 8.42 Å². The van der Waals surface area contributed by atoms with Crippen LogP contribution in [0.3, 0.4) is 0 Å². The van der Waals surface area contributed by atoms with E-state index in [4.69, 9.17) is 11.6 Å². The van der Waals surface area contributed by atoms with E-state index in [1.807, 2.05) is 13.8 Å². The number of sulfonamides is 1. The highest BCUT2D eigenvalue weighted by Crippen LogP contribution is 2.27. The first-order valence-electron chi connectivity index (χ1n) is 9.23. The van der Waals surface area contributed by atoms with Gasteiger partial charge >= 0.3 is 0 Å². The number of piperazine rings is 1. The Morgan fingerprint density at radius 2 is 1.86 bits per heavy atom. The molecule has 0 amide bonds. The van der Waals surface area contributed by atoms with Crippen molar-refractivity contribution in [3.8, 4) is 0 Å². The monoisotopic (exact) mass is 452 g/mol. The van der Waals surface area contributed by atoms with Gasteiger partial charge in [0.25, 0.3) is 5.56 Å². The zero-order chi connectivity index (χ0) is 20.8. The summed E-state index contributed by atoms with van der Waals surface area (Å²) in [6, 6.07) is 6.48. The largest absolute Gasteiger partial charge is 0.309 e. The molecule has 3 aromatic rings. The van der Waals surface area contributed by atoms with E-state index in [1.165, 1.54) is 21.7 Å². The summed E-state index contributed by atoms with van der Waals surface area (Å²) in [6.07, 6.45) is 0. The lowest BCUT2D eigenvalue weighted by atomic mass is 10.2. The van der Waals surface area contributed by atoms with E-state index in [9.17, 15) is 13.2 Å². The fraction of sp³-hybridized carbons (Fsp3) is 0.368. The van der Waals surface area contributed by atoms with Crippen LogP contribution in [0.2, 0.25) is 5.02 Å². The lowest BCUT2D eigenvalue weighted by Gasteiger charge is -2.33. The summed E-state index contributed by atoms with van der Waals surface area (Å²) in [5, 5.41) is 0.887. The molecule has 0 aliphatic carbocycles. The van der Waals surface area contributed by atoms with Crippen molar-refractivity contribution in [2.45, 2.75) is 25.3 Å². The van der Waals surface area contributed by atoms with Crippen molar-refractivity contribution >= 4 is 43.2 Å². The second-order valence-electron chi connectivity index (χ2n) is 7.09. The molecule has 0 unspecified atom stereocenters. The summed E-state index contributed by atoms with van der Waals surface area (Å²) in [5.74, 6) is 0.603. The Morgan fingerprint density at radius 3 is 2.55 bits per heavy atom. The summed E-state index contributed by atoms with van der Waals surface area (Å²) < 4.78 is 27.2. The first-order valence-corrected chi connectivity index (χ1v) is 11.9. The zero-order valence-corrected chi connectivity index (χ0v) is 18.5. The number of rotatable bonds is 4. The number of H-pyrrole nitrogens is 1. The van der Waals surface area contributed by atoms with E-state index in [-0.39, 0.29) is 15.5 Å². The van der Waals surface area contributed by atoms with Gasteiger partial charge in [0.05, 0.1) is 17.0 Å². The Bertz CT molecular complexity index is 1230. The van der Waals surface area contributed by atoms with Gasteiger partial charge in [0.15, 0.2) is 0 Å². The molecule has 0 radical (unpaired) electrons. The maximum atomic E-state index is 12.9. The maximum absolute atomic E-state index is 12.9. The number of fused-ring (bicyclic) bond motifs is 1. The van der Waals surface area contributed by atoms with Gasteiger partial charge in [-0.2, -0.15) is 4.31 Å². The number of aromatic amines is 1. The van der Waals surface area contributed by atoms with Crippen LogP contribution in [0.4, 0.5) is 0 Å². The molecule has 0 bridgehead atoms. The Hall–Kier alpha value is -1.78. The molecule has 1 saturated heterocycles. The van der Waals surface area contributed by atoms with Crippen molar-refractivity contribution in [2.75, 3.05) is 26.2 Å². The smallest absolute Gasteiger partial charge is 0.259 e. The Morgan fingerprint density at radius 1 is 1.17 bits per heavy atom. The average Bonchev–Trinajstić information content (AvgIpc) is 2.96. The number of nitrogens with zero attached hydrogens (tertiary/aromatic N) is 3. The number of hydrogen-bond acceptors (Lipinski definition) is 6. The molecule has 1 aromatic carbocycles. The van der Waals surface area contributed by atoms with E-state index in [0.29, 0.717) is 43.9 Å². The minimum Gasteiger partial charge on any atom is -0.309 e. The van der Waals surface area contributed by atoms with Crippen molar-refractivity contribution in [3.05, 3.63) is 55.9 Å². The molecule has 0 saturated carbocycles. The molecule has 2 aromatic heterocycles. The number of benzene rings is 1. The maximum Gasteiger partial charge on any atom is 0.259 e. The van der Waals surface area contributed by atoms with E-state index in [1.54, 1.807) is 18.2 Å². The molecule has 3 heterocycles. The van der Waals surface area contributed by atoms with Crippen LogP contribution < -0.4 is 5.56 Å². The molecule has 7 nitrogen and oxygen atoms in total. The first-order chi connectivity index (χ1) is 13.8. The zero-order valence-electron chi connectivity index (χ0n) is 16.1. The van der Waals surface area contributed by atoms with Crippen LogP contribution in [0.1, 0.15) is 16.3 Å². The highest BCUT2D eigenvalue weighted by atomic mass is 35.5. The lowest BCUT2D eigenvalue weighted by Crippen LogP contribution is -2.48. The summed E-state index contributed by atoms with van der Waals surface area (Å²) in [7, 11) is -3.62. The first kappa shape index (κ1) is 20.5. The van der Waals surface area contributed by atoms with Crippen LogP contribution in [0, 0.1) is 13.8 Å². The standard InChI is InChI=1S/C19H21ClN4O3S2/c1-12-13(2)28-19-17(12)18(25)21-16(22-19)11-23-7-9-24(10-8-23)29(26,27)15-6-4-3-5-14(15)20/h3-6H,7-11H2,1-2H3,(H,21,22,25). The number of aryl methyl sites for hydroxylation is 2. The van der Waals surface area contributed by atoms with Crippen molar-refractivity contribution in [3.63, 3.8) is 0 Å². The molecule has 1 N–H and O–H groups in total. The van der Waals surface area contributed by atoms with Crippen LogP contribution in [0.15, 0.2) is 34.0 Å². The number of thiophene rings is 1. The second kappa shape index (κ2) is 7.81. The predicted octanol–water partition coefficient (Wildman–Crippen LogP) is 2.76. The van der Waals surface area contributed by atoms with E-state index in [2.05, 4.69) is 14.9 Å². The molecule has 1 aliphatic heterocycles. The van der Waals surface area contributed by atoms with Crippen molar-refractivity contribution in [1.29, 1.82) is 0 Å². The van der Waals surface area contributed by atoms with Gasteiger partial charge in [0.1, 0.15) is 15.6 Å². The molecular weight excluding hydrogens is 432 g/mol. The van der Waals surface area contributed by atoms with Crippen molar-refractivity contribution in [2.24, 2.45) is 0 Å². The SMILES string of the molecule is Cc1sc2nc(CN3CCN(S(=O)(=O)c4ccccc4Cl)CC3)[nH]c(=O)c2c1C. The minimum atomic E-state index is -3.62. The van der Waals surface area contributed by atoms with E-state index >= 15 is 0 Å². The van der Waals surface area contributed by atoms with E-state index in [0.717, 1.165) is 15.3 Å². The summed E-state index contributed by atoms with van der Waals surface area (Å²) in [5.41, 5.74) is 0.857. The molecule has 4 rings (SSSR count). The van der Waals surface area contributed by atoms with Gasteiger partial charge in [-0.25, -0.2) is 13.4 Å². The van der Waals surface area contributed by atoms with Crippen LogP contribution in [-0.2, 0) is 16.6 Å². The van der Waals surface area contributed by atoms with Gasteiger partial charge in [-0.15, -0.1) is 11.3 Å². The molecule has 1 aliphatic rings. The average molecular weight is 453 g/mol. The minimum absolute atomic E-state index is 0.119. The fourth-order valence-electron chi connectivity index (χ4n) is 3.51. The van der Waals surface area contributed by atoms with Crippen LogP contribution in [0.5, 0.6) is 0 Å². The third kappa shape index (κ3) is 3.85. The van der Waals surface area contributed by atoms with Crippen LogP contribution >= 0.6 is 22.9 Å². The van der Waals surface area contributed by atoms with Gasteiger partial charge in [-0.3, -0.25) is 9.69 Å². The normalized spacial score (nSPS) is 16.5. The Balaban J connectivity index is 1.47. The van der Waals surface area contributed by atoms with Crippen LogP contribution in [-0.4, -0.2) is 53.8 Å². The number of aromatic nitrogens is 2. The van der Waals surface area contributed by atoms with E-state index < -0.39 is 10.0 Å². The quantitative estimate of drug-likeness (QED) is 0.657. The Labute approximate surface area is 178 Å². The molecule has 1 fully saturated rings. The fourth-order valence-corrected chi connectivity index (χ4v) is 6.47. The third-order valence-corrected chi connectivity index (χ3v) is 8.75. The van der Waals surface area contributed by atoms with Gasteiger partial charge in [-0.05, 0) is 31.5 Å². The highest BCUT2D eigenvalue weighted by Gasteiger charge is 2.30. The topological polar surface area (TPSA) is 86.4 Å². The molecular formula is C19H21ClN4O3S2. The van der Waals surface area contributed by atoms with Gasteiger partial charge in [-0.1, -0.05) is 23.7 Å². The Kier molecular flexibility index (Phi) is 5.52. The highest BCUT2D eigenvalue weighted by molar-refractivity contribution is 7.89. The van der Waals surface area contributed by atoms with Gasteiger partial charge in [0.2, 0.25) is 10.0 Å². The summed E-state index contributed by atoms with van der Waals surface area (Å²) >= 11 is 7.60.